The number of carbonyl (C=O) groups is 1. The van der Waals surface area contributed by atoms with Crippen LogP contribution < -0.4 is 19.5 Å². The molecule has 1 amide bonds. The van der Waals surface area contributed by atoms with E-state index < -0.39 is 10.8 Å². The molecule has 1 N–H and O–H groups in total. The summed E-state index contributed by atoms with van der Waals surface area (Å²) in [6.45, 7) is 0. The number of nitrogens with zero attached hydrogens (tertiary/aromatic N) is 2. The standard InChI is InChI=1S/C19H16ClN3O6/c1-27-13-4-5-15(16(9-13)23(25)26)22-19(24)12(10-21)6-11-7-14(20)18(29-3)17(8-11)28-2/h4-9H,1-3H3,(H,22,24)/b12-6+. The highest BCUT2D eigenvalue weighted by Crippen LogP contribution is 2.36. The fourth-order valence-electron chi connectivity index (χ4n) is 2.42. The molecule has 0 aliphatic carbocycles. The summed E-state index contributed by atoms with van der Waals surface area (Å²) in [5, 5.41) is 23.2. The topological polar surface area (TPSA) is 124 Å². The number of anilines is 1. The third kappa shape index (κ3) is 4.94. The van der Waals surface area contributed by atoms with E-state index in [1.165, 1.54) is 57.7 Å². The summed E-state index contributed by atoms with van der Waals surface area (Å²) in [6.07, 6.45) is 1.28. The van der Waals surface area contributed by atoms with Crippen molar-refractivity contribution in [3.05, 3.63) is 56.6 Å². The molecular weight excluding hydrogens is 402 g/mol. The first-order chi connectivity index (χ1) is 13.8. The average molecular weight is 418 g/mol. The number of ether oxygens (including phenoxy) is 3. The Bertz CT molecular complexity index is 1030. The van der Waals surface area contributed by atoms with Crippen LogP contribution in [0.5, 0.6) is 17.2 Å². The van der Waals surface area contributed by atoms with Crippen LogP contribution in [-0.2, 0) is 4.79 Å². The number of nitro benzene ring substituents is 1. The summed E-state index contributed by atoms with van der Waals surface area (Å²) in [6, 6.07) is 8.72. The molecule has 9 nitrogen and oxygen atoms in total. The molecule has 0 heterocycles. The van der Waals surface area contributed by atoms with Gasteiger partial charge in [0.25, 0.3) is 11.6 Å². The van der Waals surface area contributed by atoms with E-state index in [9.17, 15) is 20.2 Å². The predicted octanol–water partition coefficient (Wildman–Crippen LogP) is 3.82. The van der Waals surface area contributed by atoms with Crippen LogP contribution >= 0.6 is 11.6 Å². The minimum atomic E-state index is -0.827. The number of amides is 1. The van der Waals surface area contributed by atoms with E-state index in [1.807, 2.05) is 0 Å². The van der Waals surface area contributed by atoms with Gasteiger partial charge in [-0.25, -0.2) is 0 Å². The second kappa shape index (κ2) is 9.43. The number of rotatable bonds is 7. The lowest BCUT2D eigenvalue weighted by Gasteiger charge is -2.10. The molecule has 0 aliphatic rings. The lowest BCUT2D eigenvalue weighted by Crippen LogP contribution is -2.14. The van der Waals surface area contributed by atoms with Crippen molar-refractivity contribution in [1.29, 1.82) is 5.26 Å². The van der Waals surface area contributed by atoms with Gasteiger partial charge in [-0.3, -0.25) is 14.9 Å². The highest BCUT2D eigenvalue weighted by molar-refractivity contribution is 6.32. The fourth-order valence-corrected chi connectivity index (χ4v) is 2.72. The van der Waals surface area contributed by atoms with Gasteiger partial charge < -0.3 is 19.5 Å². The minimum Gasteiger partial charge on any atom is -0.496 e. The van der Waals surface area contributed by atoms with Crippen molar-refractivity contribution < 1.29 is 23.9 Å². The van der Waals surface area contributed by atoms with Crippen molar-refractivity contribution in [3.63, 3.8) is 0 Å². The van der Waals surface area contributed by atoms with Crippen LogP contribution in [-0.4, -0.2) is 32.2 Å². The van der Waals surface area contributed by atoms with E-state index in [1.54, 1.807) is 6.07 Å². The van der Waals surface area contributed by atoms with Gasteiger partial charge in [0.15, 0.2) is 11.5 Å². The van der Waals surface area contributed by atoms with Crippen LogP contribution in [0.1, 0.15) is 5.56 Å². The van der Waals surface area contributed by atoms with Gasteiger partial charge in [0.05, 0.1) is 37.3 Å². The third-order valence-corrected chi connectivity index (χ3v) is 4.06. The van der Waals surface area contributed by atoms with Crippen LogP contribution in [0.4, 0.5) is 11.4 Å². The summed E-state index contributed by atoms with van der Waals surface area (Å²) >= 11 is 6.13. The molecule has 0 saturated carbocycles. The van der Waals surface area contributed by atoms with Crippen molar-refractivity contribution in [2.24, 2.45) is 0 Å². The first-order valence-electron chi connectivity index (χ1n) is 8.01. The molecule has 0 unspecified atom stereocenters. The number of nitriles is 1. The van der Waals surface area contributed by atoms with Gasteiger partial charge >= 0.3 is 0 Å². The number of hydrogen-bond donors (Lipinski definition) is 1. The summed E-state index contributed by atoms with van der Waals surface area (Å²) in [5.74, 6) is 0.0512. The van der Waals surface area contributed by atoms with Crippen LogP contribution in [0.2, 0.25) is 5.02 Å². The summed E-state index contributed by atoms with van der Waals surface area (Å²) < 4.78 is 15.3. The highest BCUT2D eigenvalue weighted by atomic mass is 35.5. The molecule has 2 aromatic rings. The average Bonchev–Trinajstić information content (AvgIpc) is 2.71. The normalized spacial score (nSPS) is 10.7. The van der Waals surface area contributed by atoms with Crippen molar-refractivity contribution in [1.82, 2.24) is 0 Å². The van der Waals surface area contributed by atoms with Gasteiger partial charge in [0, 0.05) is 0 Å². The fraction of sp³-hybridized carbons (Fsp3) is 0.158. The lowest BCUT2D eigenvalue weighted by molar-refractivity contribution is -0.384. The largest absolute Gasteiger partial charge is 0.496 e. The smallest absolute Gasteiger partial charge is 0.296 e. The summed E-state index contributed by atoms with van der Waals surface area (Å²) in [4.78, 5) is 23.1. The zero-order valence-corrected chi connectivity index (χ0v) is 16.4. The Morgan fingerprint density at radius 1 is 1.21 bits per heavy atom. The van der Waals surface area contributed by atoms with Gasteiger partial charge in [-0.05, 0) is 35.9 Å². The maximum Gasteiger partial charge on any atom is 0.296 e. The highest BCUT2D eigenvalue weighted by Gasteiger charge is 2.19. The molecule has 0 atom stereocenters. The zero-order valence-electron chi connectivity index (χ0n) is 15.7. The van der Waals surface area contributed by atoms with Gasteiger partial charge in [-0.15, -0.1) is 0 Å². The van der Waals surface area contributed by atoms with E-state index in [4.69, 9.17) is 25.8 Å². The van der Waals surface area contributed by atoms with Gasteiger partial charge in [-0.1, -0.05) is 11.6 Å². The monoisotopic (exact) mass is 417 g/mol. The molecule has 0 spiro atoms. The second-order valence-corrected chi connectivity index (χ2v) is 5.91. The van der Waals surface area contributed by atoms with E-state index >= 15 is 0 Å². The van der Waals surface area contributed by atoms with Crippen LogP contribution in [0.15, 0.2) is 35.9 Å². The molecule has 0 bridgehead atoms. The lowest BCUT2D eigenvalue weighted by atomic mass is 10.1. The molecule has 150 valence electrons. The van der Waals surface area contributed by atoms with E-state index in [2.05, 4.69) is 5.32 Å². The number of methoxy groups -OCH3 is 3. The molecule has 2 aromatic carbocycles. The first-order valence-corrected chi connectivity index (χ1v) is 8.39. The van der Waals surface area contributed by atoms with Gasteiger partial charge in [-0.2, -0.15) is 5.26 Å². The van der Waals surface area contributed by atoms with Crippen molar-refractivity contribution in [2.45, 2.75) is 0 Å². The Balaban J connectivity index is 2.39. The number of benzene rings is 2. The van der Waals surface area contributed by atoms with Crippen molar-refractivity contribution in [3.8, 4) is 23.3 Å². The third-order valence-electron chi connectivity index (χ3n) is 3.78. The van der Waals surface area contributed by atoms with Gasteiger partial charge in [0.2, 0.25) is 0 Å². The number of nitrogens with one attached hydrogen (secondary N) is 1. The SMILES string of the molecule is COc1ccc(NC(=O)/C(C#N)=C/c2cc(Cl)c(OC)c(OC)c2)c([N+](=O)[O-])c1. The quantitative estimate of drug-likeness (QED) is 0.314. The summed E-state index contributed by atoms with van der Waals surface area (Å²) in [5.41, 5.74) is -0.335. The maximum atomic E-state index is 12.5. The Kier molecular flexibility index (Phi) is 7.00. The Morgan fingerprint density at radius 3 is 2.48 bits per heavy atom. The molecule has 10 heteroatoms. The molecule has 2 rings (SSSR count). The van der Waals surface area contributed by atoms with Crippen LogP contribution in [0.3, 0.4) is 0 Å². The van der Waals surface area contributed by atoms with Gasteiger partial charge in [0.1, 0.15) is 23.1 Å². The molecule has 0 saturated heterocycles. The number of carbonyl (C=O) groups excluding carboxylic acids is 1. The maximum absolute atomic E-state index is 12.5. The van der Waals surface area contributed by atoms with Crippen LogP contribution in [0, 0.1) is 21.4 Å². The molecule has 0 aromatic heterocycles. The van der Waals surface area contributed by atoms with E-state index in [-0.39, 0.29) is 27.7 Å². The predicted molar refractivity (Wildman–Crippen MR) is 106 cm³/mol. The minimum absolute atomic E-state index is 0.0766. The van der Waals surface area contributed by atoms with Crippen LogP contribution in [0.25, 0.3) is 6.08 Å². The molecule has 0 fully saturated rings. The molecule has 29 heavy (non-hydrogen) atoms. The Morgan fingerprint density at radius 2 is 1.93 bits per heavy atom. The number of hydrogen-bond acceptors (Lipinski definition) is 7. The molecule has 0 radical (unpaired) electrons. The van der Waals surface area contributed by atoms with Crippen molar-refractivity contribution in [2.75, 3.05) is 26.6 Å². The Labute approximate surface area is 171 Å². The molecular formula is C19H16ClN3O6. The number of halogens is 1. The van der Waals surface area contributed by atoms with Crippen molar-refractivity contribution >= 4 is 35.0 Å². The summed E-state index contributed by atoms with van der Waals surface area (Å²) in [7, 11) is 4.21. The van der Waals surface area contributed by atoms with E-state index in [0.29, 0.717) is 17.1 Å². The van der Waals surface area contributed by atoms with E-state index in [0.717, 1.165) is 0 Å². The molecule has 0 aliphatic heterocycles. The zero-order chi connectivity index (χ0) is 21.6. The number of nitro groups is 1. The Hall–Kier alpha value is -3.77. The second-order valence-electron chi connectivity index (χ2n) is 5.50. The first kappa shape index (κ1) is 21.5.